The normalized spacial score (nSPS) is 10.7. The average molecular weight is 423 g/mol. The maximum atomic E-state index is 12.5. The van der Waals surface area contributed by atoms with E-state index in [0.29, 0.717) is 17.2 Å². The summed E-state index contributed by atoms with van der Waals surface area (Å²) in [5.74, 6) is -0.214. The van der Waals surface area contributed by atoms with Crippen molar-refractivity contribution in [1.29, 1.82) is 0 Å². The molecule has 0 aliphatic heterocycles. The van der Waals surface area contributed by atoms with Gasteiger partial charge in [-0.3, -0.25) is 10.1 Å². The van der Waals surface area contributed by atoms with E-state index < -0.39 is 0 Å². The van der Waals surface area contributed by atoms with Crippen molar-refractivity contribution in [2.45, 2.75) is 39.8 Å². The molecular weight excluding hydrogens is 396 g/mol. The van der Waals surface area contributed by atoms with Gasteiger partial charge in [0.15, 0.2) is 5.13 Å². The fraction of sp³-hybridized carbons (Fsp3) is 0.261. The summed E-state index contributed by atoms with van der Waals surface area (Å²) < 4.78 is 0. The number of rotatable bonds is 7. The van der Waals surface area contributed by atoms with Crippen LogP contribution in [0.25, 0.3) is 11.3 Å². The van der Waals surface area contributed by atoms with Gasteiger partial charge in [0, 0.05) is 29.1 Å². The monoisotopic (exact) mass is 422 g/mol. The molecule has 0 radical (unpaired) electrons. The SMILES string of the molecule is CCc1ccc(-c2csc(NC(=O)c3ccc(CNC(=O)NC(C)C)cc3)n2)cc1. The Kier molecular flexibility index (Phi) is 7.19. The van der Waals surface area contributed by atoms with Crippen LogP contribution in [0.2, 0.25) is 0 Å². The standard InChI is InChI=1S/C23H26N4O2S/c1-4-16-5-9-18(10-6-16)20-14-30-23(26-20)27-21(28)19-11-7-17(8-12-19)13-24-22(29)25-15(2)3/h5-12,14-15H,4,13H2,1-3H3,(H2,24,25,29)(H,26,27,28). The van der Waals surface area contributed by atoms with E-state index in [9.17, 15) is 9.59 Å². The van der Waals surface area contributed by atoms with Crippen molar-refractivity contribution in [3.05, 3.63) is 70.6 Å². The van der Waals surface area contributed by atoms with E-state index in [0.717, 1.165) is 23.2 Å². The first-order valence-electron chi connectivity index (χ1n) is 9.94. The van der Waals surface area contributed by atoms with E-state index in [-0.39, 0.29) is 18.0 Å². The number of urea groups is 1. The number of carbonyl (C=O) groups excluding carboxylic acids is 2. The zero-order valence-corrected chi connectivity index (χ0v) is 18.2. The van der Waals surface area contributed by atoms with Gasteiger partial charge in [0.1, 0.15) is 0 Å². The number of hydrogen-bond acceptors (Lipinski definition) is 4. The average Bonchev–Trinajstić information content (AvgIpc) is 3.20. The third-order valence-corrected chi connectivity index (χ3v) is 5.23. The molecule has 7 heteroatoms. The molecular formula is C23H26N4O2S. The Bertz CT molecular complexity index is 995. The van der Waals surface area contributed by atoms with E-state index in [1.54, 1.807) is 12.1 Å². The van der Waals surface area contributed by atoms with Gasteiger partial charge >= 0.3 is 6.03 Å². The molecule has 0 aliphatic carbocycles. The lowest BCUT2D eigenvalue weighted by atomic mass is 10.1. The van der Waals surface area contributed by atoms with Crippen molar-refractivity contribution >= 4 is 28.4 Å². The van der Waals surface area contributed by atoms with E-state index in [1.807, 2.05) is 43.5 Å². The number of carbonyl (C=O) groups is 2. The second-order valence-electron chi connectivity index (χ2n) is 7.22. The minimum Gasteiger partial charge on any atom is -0.336 e. The molecule has 3 aromatic rings. The number of thiazole rings is 1. The van der Waals surface area contributed by atoms with Gasteiger partial charge in [-0.05, 0) is 43.5 Å². The molecule has 0 aliphatic rings. The third kappa shape index (κ3) is 5.90. The van der Waals surface area contributed by atoms with Crippen LogP contribution < -0.4 is 16.0 Å². The Labute approximate surface area is 180 Å². The molecule has 0 unspecified atom stereocenters. The van der Waals surface area contributed by atoms with Gasteiger partial charge in [-0.15, -0.1) is 11.3 Å². The molecule has 30 heavy (non-hydrogen) atoms. The summed E-state index contributed by atoms with van der Waals surface area (Å²) in [5, 5.41) is 10.9. The van der Waals surface area contributed by atoms with Crippen molar-refractivity contribution < 1.29 is 9.59 Å². The maximum Gasteiger partial charge on any atom is 0.315 e. The summed E-state index contributed by atoms with van der Waals surface area (Å²) in [7, 11) is 0. The lowest BCUT2D eigenvalue weighted by Crippen LogP contribution is -2.39. The first kappa shape index (κ1) is 21.5. The highest BCUT2D eigenvalue weighted by atomic mass is 32.1. The Morgan fingerprint density at radius 1 is 1.00 bits per heavy atom. The molecule has 0 spiro atoms. The third-order valence-electron chi connectivity index (χ3n) is 4.47. The van der Waals surface area contributed by atoms with E-state index >= 15 is 0 Å². The van der Waals surface area contributed by atoms with Gasteiger partial charge in [-0.2, -0.15) is 0 Å². The maximum absolute atomic E-state index is 12.5. The van der Waals surface area contributed by atoms with Crippen LogP contribution in [0.1, 0.15) is 42.3 Å². The predicted octanol–water partition coefficient (Wildman–Crippen LogP) is 4.83. The van der Waals surface area contributed by atoms with Crippen LogP contribution in [-0.4, -0.2) is 23.0 Å². The summed E-state index contributed by atoms with van der Waals surface area (Å²) >= 11 is 1.40. The minimum atomic E-state index is -0.214. The molecule has 0 saturated heterocycles. The first-order chi connectivity index (χ1) is 14.4. The lowest BCUT2D eigenvalue weighted by molar-refractivity contribution is 0.102. The lowest BCUT2D eigenvalue weighted by Gasteiger charge is -2.10. The van der Waals surface area contributed by atoms with Crippen LogP contribution in [-0.2, 0) is 13.0 Å². The number of aryl methyl sites for hydroxylation is 1. The van der Waals surface area contributed by atoms with Crippen LogP contribution in [0.15, 0.2) is 53.9 Å². The number of nitrogens with one attached hydrogen (secondary N) is 3. The Balaban J connectivity index is 1.57. The number of benzene rings is 2. The molecule has 0 saturated carbocycles. The minimum absolute atomic E-state index is 0.0816. The highest BCUT2D eigenvalue weighted by Gasteiger charge is 2.10. The van der Waals surface area contributed by atoms with Crippen LogP contribution in [0.5, 0.6) is 0 Å². The van der Waals surface area contributed by atoms with Gasteiger partial charge in [0.2, 0.25) is 0 Å². The molecule has 3 rings (SSSR count). The molecule has 6 nitrogen and oxygen atoms in total. The van der Waals surface area contributed by atoms with Crippen molar-refractivity contribution in [1.82, 2.24) is 15.6 Å². The number of hydrogen-bond donors (Lipinski definition) is 3. The molecule has 1 aromatic heterocycles. The summed E-state index contributed by atoms with van der Waals surface area (Å²) in [6.45, 7) is 6.33. The summed E-state index contributed by atoms with van der Waals surface area (Å²) in [4.78, 5) is 28.7. The van der Waals surface area contributed by atoms with Gasteiger partial charge in [0.25, 0.3) is 5.91 Å². The second kappa shape index (κ2) is 10.0. The number of aromatic nitrogens is 1. The molecule has 2 aromatic carbocycles. The van der Waals surface area contributed by atoms with Crippen LogP contribution >= 0.6 is 11.3 Å². The van der Waals surface area contributed by atoms with Gasteiger partial charge in [-0.1, -0.05) is 43.3 Å². The quantitative estimate of drug-likeness (QED) is 0.510. The topological polar surface area (TPSA) is 83.1 Å². The molecule has 3 N–H and O–H groups in total. The summed E-state index contributed by atoms with van der Waals surface area (Å²) in [6, 6.07) is 15.3. The fourth-order valence-corrected chi connectivity index (χ4v) is 3.53. The fourth-order valence-electron chi connectivity index (χ4n) is 2.81. The van der Waals surface area contributed by atoms with Crippen molar-refractivity contribution in [3.63, 3.8) is 0 Å². The number of nitrogens with zero attached hydrogens (tertiary/aromatic N) is 1. The number of anilines is 1. The van der Waals surface area contributed by atoms with Crippen LogP contribution in [0.4, 0.5) is 9.93 Å². The highest BCUT2D eigenvalue weighted by molar-refractivity contribution is 7.14. The van der Waals surface area contributed by atoms with Gasteiger partial charge < -0.3 is 10.6 Å². The van der Waals surface area contributed by atoms with Crippen molar-refractivity contribution in [2.24, 2.45) is 0 Å². The summed E-state index contributed by atoms with van der Waals surface area (Å²) in [5.41, 5.74) is 4.61. The zero-order chi connectivity index (χ0) is 21.5. The number of amides is 3. The first-order valence-corrected chi connectivity index (χ1v) is 10.8. The largest absolute Gasteiger partial charge is 0.336 e. The van der Waals surface area contributed by atoms with Gasteiger partial charge in [0.05, 0.1) is 5.69 Å². The molecule has 0 bridgehead atoms. The van der Waals surface area contributed by atoms with Crippen molar-refractivity contribution in [3.8, 4) is 11.3 Å². The van der Waals surface area contributed by atoms with Crippen molar-refractivity contribution in [2.75, 3.05) is 5.32 Å². The van der Waals surface area contributed by atoms with E-state index in [4.69, 9.17) is 0 Å². The molecule has 0 fully saturated rings. The van der Waals surface area contributed by atoms with Crippen LogP contribution in [0, 0.1) is 0 Å². The second-order valence-corrected chi connectivity index (χ2v) is 8.08. The Morgan fingerprint density at radius 2 is 1.67 bits per heavy atom. The Morgan fingerprint density at radius 3 is 2.30 bits per heavy atom. The summed E-state index contributed by atoms with van der Waals surface area (Å²) in [6.07, 6.45) is 0.999. The smallest absolute Gasteiger partial charge is 0.315 e. The van der Waals surface area contributed by atoms with Gasteiger partial charge in [-0.25, -0.2) is 9.78 Å². The van der Waals surface area contributed by atoms with Crippen LogP contribution in [0.3, 0.4) is 0 Å². The Hall–Kier alpha value is -3.19. The highest BCUT2D eigenvalue weighted by Crippen LogP contribution is 2.25. The van der Waals surface area contributed by atoms with E-state index in [2.05, 4.69) is 40.0 Å². The molecule has 156 valence electrons. The predicted molar refractivity (Wildman–Crippen MR) is 122 cm³/mol. The van der Waals surface area contributed by atoms with E-state index in [1.165, 1.54) is 16.9 Å². The molecule has 0 atom stereocenters. The zero-order valence-electron chi connectivity index (χ0n) is 17.4. The molecule has 3 amide bonds. The molecule has 1 heterocycles.